The molecule has 0 spiro atoms. The molecule has 2 amide bonds. The van der Waals surface area contributed by atoms with E-state index < -0.39 is 9.13 Å². The van der Waals surface area contributed by atoms with Gasteiger partial charge in [0, 0.05) is 19.6 Å². The molecule has 0 bridgehead atoms. The predicted octanol–water partition coefficient (Wildman–Crippen LogP) is -0.373. The average molecular weight is 206 g/mol. The summed E-state index contributed by atoms with van der Waals surface area (Å²) in [4.78, 5) is 12.7. The Morgan fingerprint density at radius 3 is 3.00 bits per heavy atom. The first-order valence-electron chi connectivity index (χ1n) is 4.51. The van der Waals surface area contributed by atoms with E-state index in [4.69, 9.17) is 5.11 Å². The quantitative estimate of drug-likeness (QED) is 0.476. The number of amides is 2. The summed E-state index contributed by atoms with van der Waals surface area (Å²) in [5, 5.41) is 11.1. The van der Waals surface area contributed by atoms with Crippen LogP contribution in [-0.2, 0) is 0 Å². The van der Waals surface area contributed by atoms with Crippen LogP contribution in [0.5, 0.6) is 0 Å². The number of nitrogens with zero attached hydrogens (tertiary/aromatic N) is 1. The first kappa shape index (κ1) is 10.5. The van der Waals surface area contributed by atoms with Crippen LogP contribution in [0.25, 0.3) is 0 Å². The van der Waals surface area contributed by atoms with Gasteiger partial charge in [-0.1, -0.05) is 0 Å². The largest absolute Gasteiger partial charge is 0.397 e. The van der Waals surface area contributed by atoms with Crippen molar-refractivity contribution < 1.29 is 14.0 Å². The van der Waals surface area contributed by atoms with Crippen LogP contribution in [0.4, 0.5) is 8.90 Å². The van der Waals surface area contributed by atoms with E-state index in [-0.39, 0.29) is 12.3 Å². The number of hydrogen-bond donors (Lipinski definition) is 2. The highest BCUT2D eigenvalue weighted by Gasteiger charge is 2.19. The van der Waals surface area contributed by atoms with E-state index in [1.165, 1.54) is 0 Å². The summed E-state index contributed by atoms with van der Waals surface area (Å²) in [5.41, 5.74) is 0. The zero-order chi connectivity index (χ0) is 9.68. The zero-order valence-electron chi connectivity index (χ0n) is 7.50. The highest BCUT2D eigenvalue weighted by atomic mass is 28.3. The number of hydrogen-bond acceptors (Lipinski definition) is 2. The van der Waals surface area contributed by atoms with Gasteiger partial charge in [-0.2, -0.15) is 0 Å². The van der Waals surface area contributed by atoms with Gasteiger partial charge in [0.15, 0.2) is 0 Å². The molecule has 0 aromatic rings. The lowest BCUT2D eigenvalue weighted by Gasteiger charge is -2.13. The molecule has 1 heterocycles. The van der Waals surface area contributed by atoms with Crippen LogP contribution in [0, 0.1) is 0 Å². The minimum absolute atomic E-state index is 0.0546. The normalized spacial score (nSPS) is 18.9. The van der Waals surface area contributed by atoms with Crippen LogP contribution in [0.2, 0.25) is 6.04 Å². The molecule has 1 aliphatic rings. The molecule has 6 heteroatoms. The van der Waals surface area contributed by atoms with E-state index in [1.807, 2.05) is 0 Å². The van der Waals surface area contributed by atoms with Gasteiger partial charge in [-0.15, -0.1) is 0 Å². The number of nitrogens with one attached hydrogen (secondary N) is 1. The summed E-state index contributed by atoms with van der Waals surface area (Å²) in [6, 6.07) is 0.404. The van der Waals surface area contributed by atoms with Crippen molar-refractivity contribution in [2.75, 3.05) is 25.9 Å². The molecule has 1 atom stereocenters. The van der Waals surface area contributed by atoms with Gasteiger partial charge in [0.25, 0.3) is 9.13 Å². The summed E-state index contributed by atoms with van der Waals surface area (Å²) in [6.45, 7) is 2.02. The molecule has 1 aliphatic heterocycles. The van der Waals surface area contributed by atoms with E-state index in [1.54, 1.807) is 4.90 Å². The second-order valence-electron chi connectivity index (χ2n) is 3.14. The van der Waals surface area contributed by atoms with Gasteiger partial charge in [0.2, 0.25) is 0 Å². The molecule has 0 aromatic carbocycles. The molecule has 4 nitrogen and oxygen atoms in total. The third-order valence-electron chi connectivity index (χ3n) is 2.09. The molecule has 0 aromatic heterocycles. The minimum atomic E-state index is -2.37. The minimum Gasteiger partial charge on any atom is -0.397 e. The number of carbonyl (C=O) groups excluding carboxylic acids is 1. The second-order valence-corrected chi connectivity index (χ2v) is 5.28. The lowest BCUT2D eigenvalue weighted by molar-refractivity contribution is 0.217. The third kappa shape index (κ3) is 3.31. The smallest absolute Gasteiger partial charge is 0.317 e. The summed E-state index contributed by atoms with van der Waals surface area (Å²) in [7, 11) is -2.37. The highest BCUT2D eigenvalue weighted by molar-refractivity contribution is 6.50. The first-order valence-corrected chi connectivity index (χ1v) is 6.58. The van der Waals surface area contributed by atoms with Crippen molar-refractivity contribution >= 4 is 15.2 Å². The molecule has 1 fully saturated rings. The van der Waals surface area contributed by atoms with Gasteiger partial charge in [-0.05, 0) is 12.5 Å². The van der Waals surface area contributed by atoms with Crippen LogP contribution >= 0.6 is 0 Å². The van der Waals surface area contributed by atoms with E-state index in [9.17, 15) is 8.90 Å². The van der Waals surface area contributed by atoms with E-state index >= 15 is 0 Å². The maximum absolute atomic E-state index is 12.7. The molecule has 13 heavy (non-hydrogen) atoms. The first-order chi connectivity index (χ1) is 6.24. The predicted molar refractivity (Wildman–Crippen MR) is 49.7 cm³/mol. The number of aliphatic hydroxyl groups is 1. The van der Waals surface area contributed by atoms with Gasteiger partial charge < -0.3 is 19.4 Å². The van der Waals surface area contributed by atoms with Gasteiger partial charge >= 0.3 is 6.03 Å². The molecular weight excluding hydrogens is 191 g/mol. The van der Waals surface area contributed by atoms with Crippen molar-refractivity contribution in [3.63, 3.8) is 0 Å². The second kappa shape index (κ2) is 5.18. The van der Waals surface area contributed by atoms with Gasteiger partial charge in [-0.3, -0.25) is 0 Å². The van der Waals surface area contributed by atoms with Gasteiger partial charge in [-0.25, -0.2) is 4.79 Å². The Morgan fingerprint density at radius 1 is 1.69 bits per heavy atom. The lowest BCUT2D eigenvalue weighted by Crippen LogP contribution is -2.29. The van der Waals surface area contributed by atoms with Crippen molar-refractivity contribution in [1.29, 1.82) is 0 Å². The summed E-state index contributed by atoms with van der Waals surface area (Å²) < 4.78 is 12.7. The molecule has 76 valence electrons. The molecule has 0 radical (unpaired) electrons. The molecular formula is C7H15FN2O2Si. The Balaban J connectivity index is 2.08. The van der Waals surface area contributed by atoms with Crippen molar-refractivity contribution in [1.82, 2.24) is 10.2 Å². The van der Waals surface area contributed by atoms with Gasteiger partial charge in [0.1, 0.15) is 0 Å². The average Bonchev–Trinajstić information content (AvgIpc) is 2.52. The summed E-state index contributed by atoms with van der Waals surface area (Å²) in [5.74, 6) is 0. The Bertz CT molecular complexity index is 182. The molecule has 1 rings (SSSR count). The fourth-order valence-corrected chi connectivity index (χ4v) is 2.13. The number of rotatable bonds is 5. The molecule has 2 N–H and O–H groups in total. The topological polar surface area (TPSA) is 52.6 Å². The Kier molecular flexibility index (Phi) is 4.17. The van der Waals surface area contributed by atoms with Gasteiger partial charge in [0.05, 0.1) is 6.23 Å². The van der Waals surface area contributed by atoms with Crippen LogP contribution in [0.3, 0.4) is 0 Å². The SMILES string of the molecule is O=C1NCCN1CCC[SiH](F)CO. The van der Waals surface area contributed by atoms with Crippen LogP contribution in [-0.4, -0.2) is 51.0 Å². The Labute approximate surface area is 78.5 Å². The molecule has 0 saturated carbocycles. The Hall–Kier alpha value is -0.623. The molecule has 1 unspecified atom stereocenters. The third-order valence-corrected chi connectivity index (χ3v) is 3.52. The Morgan fingerprint density at radius 2 is 2.46 bits per heavy atom. The van der Waals surface area contributed by atoms with Crippen molar-refractivity contribution in [2.24, 2.45) is 0 Å². The number of carbonyl (C=O) groups is 1. The zero-order valence-corrected chi connectivity index (χ0v) is 8.66. The maximum atomic E-state index is 12.7. The number of urea groups is 1. The van der Waals surface area contributed by atoms with Crippen LogP contribution in [0.15, 0.2) is 0 Å². The van der Waals surface area contributed by atoms with E-state index in [0.29, 0.717) is 25.6 Å². The summed E-state index contributed by atoms with van der Waals surface area (Å²) in [6.07, 6.45) is 0.383. The van der Waals surface area contributed by atoms with Crippen molar-refractivity contribution in [2.45, 2.75) is 12.5 Å². The van der Waals surface area contributed by atoms with E-state index in [2.05, 4.69) is 5.32 Å². The summed E-state index contributed by atoms with van der Waals surface area (Å²) >= 11 is 0. The van der Waals surface area contributed by atoms with Crippen LogP contribution in [0.1, 0.15) is 6.42 Å². The molecule has 1 saturated heterocycles. The van der Waals surface area contributed by atoms with Crippen LogP contribution < -0.4 is 5.32 Å². The van der Waals surface area contributed by atoms with Crippen molar-refractivity contribution in [3.8, 4) is 0 Å². The molecule has 0 aliphatic carbocycles. The monoisotopic (exact) mass is 206 g/mol. The van der Waals surface area contributed by atoms with Crippen molar-refractivity contribution in [3.05, 3.63) is 0 Å². The lowest BCUT2D eigenvalue weighted by atomic mass is 10.4. The fourth-order valence-electron chi connectivity index (χ4n) is 1.32. The highest BCUT2D eigenvalue weighted by Crippen LogP contribution is 2.03. The number of aliphatic hydroxyl groups excluding tert-OH is 1. The maximum Gasteiger partial charge on any atom is 0.317 e. The standard InChI is InChI=1S/C7H15FN2O2Si/c8-13(6-11)5-1-3-10-4-2-9-7(10)12/h11,13H,1-6H2,(H,9,12). The number of halogens is 1. The fraction of sp³-hybridized carbons (Fsp3) is 0.857. The van der Waals surface area contributed by atoms with E-state index in [0.717, 1.165) is 6.54 Å².